The maximum Gasteiger partial charge on any atom is 0.273 e. The zero-order valence-electron chi connectivity index (χ0n) is 17.7. The summed E-state index contributed by atoms with van der Waals surface area (Å²) >= 11 is 0. The predicted octanol–water partition coefficient (Wildman–Crippen LogP) is 2.35. The summed E-state index contributed by atoms with van der Waals surface area (Å²) in [5.41, 5.74) is 0.871. The lowest BCUT2D eigenvalue weighted by atomic mass is 9.85. The first kappa shape index (κ1) is 20.8. The molecule has 2 saturated heterocycles. The Morgan fingerprint density at radius 2 is 2.00 bits per heavy atom. The van der Waals surface area contributed by atoms with Gasteiger partial charge >= 0.3 is 0 Å². The molecule has 2 fully saturated rings. The van der Waals surface area contributed by atoms with Crippen molar-refractivity contribution in [3.8, 4) is 0 Å². The highest BCUT2D eigenvalue weighted by molar-refractivity contribution is 5.99. The number of likely N-dealkylation sites (tertiary alicyclic amines) is 2. The largest absolute Gasteiger partial charge is 0.383 e. The molecule has 3 heterocycles. The van der Waals surface area contributed by atoms with Gasteiger partial charge in [-0.2, -0.15) is 5.10 Å². The van der Waals surface area contributed by atoms with E-state index in [0.29, 0.717) is 37.9 Å². The molecule has 0 saturated carbocycles. The van der Waals surface area contributed by atoms with E-state index in [1.165, 1.54) is 0 Å². The first-order valence-corrected chi connectivity index (χ1v) is 10.6. The van der Waals surface area contributed by atoms with Crippen LogP contribution in [0.1, 0.15) is 62.6 Å². The molecular weight excluding hydrogens is 356 g/mol. The van der Waals surface area contributed by atoms with Crippen LogP contribution in [0.3, 0.4) is 0 Å². The van der Waals surface area contributed by atoms with Gasteiger partial charge in [-0.05, 0) is 51.0 Å². The maximum atomic E-state index is 13.5. The van der Waals surface area contributed by atoms with E-state index >= 15 is 0 Å². The Hall–Kier alpha value is -1.89. The van der Waals surface area contributed by atoms with Crippen LogP contribution in [0, 0.1) is 5.92 Å². The number of hydrogen-bond donors (Lipinski definition) is 0. The summed E-state index contributed by atoms with van der Waals surface area (Å²) in [4.78, 5) is 30.6. The zero-order valence-corrected chi connectivity index (χ0v) is 17.7. The van der Waals surface area contributed by atoms with E-state index in [1.54, 1.807) is 11.8 Å². The van der Waals surface area contributed by atoms with Crippen LogP contribution in [-0.2, 0) is 22.5 Å². The number of nitrogens with zero attached hydrogens (tertiary/aromatic N) is 4. The van der Waals surface area contributed by atoms with E-state index in [1.807, 2.05) is 22.8 Å². The molecule has 0 N–H and O–H groups in total. The Morgan fingerprint density at radius 1 is 1.29 bits per heavy atom. The lowest BCUT2D eigenvalue weighted by Crippen LogP contribution is -2.61. The first-order valence-electron chi connectivity index (χ1n) is 10.6. The molecular formula is C21H34N4O3. The third kappa shape index (κ3) is 3.81. The Bertz CT molecular complexity index is 715. The second kappa shape index (κ2) is 8.64. The summed E-state index contributed by atoms with van der Waals surface area (Å²) in [5.74, 6) is 0.519. The lowest BCUT2D eigenvalue weighted by molar-refractivity contribution is -0.146. The summed E-state index contributed by atoms with van der Waals surface area (Å²) in [7, 11) is 1.65. The standard InChI is InChI=1S/C21H34N4O3/c1-5-25-18(15-17(22-25)14-16(2)3)19(26)24-11-7-9-21(24)8-6-10-23(20(21)27)12-13-28-4/h15-16H,5-14H2,1-4H3. The van der Waals surface area contributed by atoms with Gasteiger partial charge in [0, 0.05) is 33.3 Å². The average Bonchev–Trinajstić information content (AvgIpc) is 3.26. The van der Waals surface area contributed by atoms with Gasteiger partial charge in [0.15, 0.2) is 0 Å². The van der Waals surface area contributed by atoms with Crippen LogP contribution < -0.4 is 0 Å². The monoisotopic (exact) mass is 390 g/mol. The average molecular weight is 391 g/mol. The molecule has 3 rings (SSSR count). The number of amides is 2. The quantitative estimate of drug-likeness (QED) is 0.717. The van der Waals surface area contributed by atoms with E-state index < -0.39 is 5.54 Å². The molecule has 0 bridgehead atoms. The Balaban J connectivity index is 1.87. The molecule has 2 aliphatic heterocycles. The van der Waals surface area contributed by atoms with Gasteiger partial charge in [0.2, 0.25) is 5.91 Å². The van der Waals surface area contributed by atoms with Crippen LogP contribution in [0.15, 0.2) is 6.07 Å². The smallest absolute Gasteiger partial charge is 0.273 e. The molecule has 1 aromatic rings. The van der Waals surface area contributed by atoms with Crippen molar-refractivity contribution in [2.45, 2.75) is 65.0 Å². The molecule has 7 nitrogen and oxygen atoms in total. The van der Waals surface area contributed by atoms with Gasteiger partial charge in [-0.3, -0.25) is 14.3 Å². The fourth-order valence-corrected chi connectivity index (χ4v) is 4.68. The lowest BCUT2D eigenvalue weighted by Gasteiger charge is -2.44. The predicted molar refractivity (Wildman–Crippen MR) is 107 cm³/mol. The van der Waals surface area contributed by atoms with Gasteiger partial charge in [0.05, 0.1) is 12.3 Å². The van der Waals surface area contributed by atoms with E-state index in [9.17, 15) is 9.59 Å². The van der Waals surface area contributed by atoms with Crippen molar-refractivity contribution in [3.63, 3.8) is 0 Å². The van der Waals surface area contributed by atoms with E-state index in [2.05, 4.69) is 18.9 Å². The van der Waals surface area contributed by atoms with Gasteiger partial charge in [0.1, 0.15) is 11.2 Å². The van der Waals surface area contributed by atoms with Crippen molar-refractivity contribution in [2.75, 3.05) is 33.4 Å². The van der Waals surface area contributed by atoms with Crippen LogP contribution in [0.2, 0.25) is 0 Å². The third-order valence-electron chi connectivity index (χ3n) is 5.97. The minimum atomic E-state index is -0.690. The molecule has 1 spiro atoms. The molecule has 1 atom stereocenters. The minimum Gasteiger partial charge on any atom is -0.383 e. The van der Waals surface area contributed by atoms with Gasteiger partial charge in [-0.15, -0.1) is 0 Å². The van der Waals surface area contributed by atoms with Crippen molar-refractivity contribution in [1.29, 1.82) is 0 Å². The Morgan fingerprint density at radius 3 is 2.64 bits per heavy atom. The summed E-state index contributed by atoms with van der Waals surface area (Å²) < 4.78 is 6.96. The number of piperidine rings is 1. The number of carbonyl (C=O) groups excluding carboxylic acids is 2. The fraction of sp³-hybridized carbons (Fsp3) is 0.762. The number of carbonyl (C=O) groups is 2. The van der Waals surface area contributed by atoms with Crippen molar-refractivity contribution < 1.29 is 14.3 Å². The molecule has 7 heteroatoms. The number of hydrogen-bond acceptors (Lipinski definition) is 4. The van der Waals surface area contributed by atoms with E-state index in [4.69, 9.17) is 4.74 Å². The highest BCUT2D eigenvalue weighted by Crippen LogP contribution is 2.39. The molecule has 0 aromatic carbocycles. The summed E-state index contributed by atoms with van der Waals surface area (Å²) in [6.45, 7) is 9.44. The van der Waals surface area contributed by atoms with Gasteiger partial charge in [0.25, 0.3) is 5.91 Å². The van der Waals surface area contributed by atoms with Crippen molar-refractivity contribution >= 4 is 11.8 Å². The number of aromatic nitrogens is 2. The molecule has 28 heavy (non-hydrogen) atoms. The van der Waals surface area contributed by atoms with Gasteiger partial charge < -0.3 is 14.5 Å². The van der Waals surface area contributed by atoms with Gasteiger partial charge in [-0.1, -0.05) is 13.8 Å². The Labute approximate surface area is 168 Å². The number of aryl methyl sites for hydroxylation is 1. The highest BCUT2D eigenvalue weighted by Gasteiger charge is 2.53. The third-order valence-corrected chi connectivity index (χ3v) is 5.97. The normalized spacial score (nSPS) is 22.7. The Kier molecular flexibility index (Phi) is 6.43. The maximum absolute atomic E-state index is 13.5. The molecule has 2 aliphatic rings. The van der Waals surface area contributed by atoms with Crippen LogP contribution in [0.5, 0.6) is 0 Å². The summed E-state index contributed by atoms with van der Waals surface area (Å²) in [5, 5.41) is 4.63. The van der Waals surface area contributed by atoms with Crippen LogP contribution in [-0.4, -0.2) is 70.3 Å². The SMILES string of the molecule is CCn1nc(CC(C)C)cc1C(=O)N1CCCC12CCCN(CCOC)C2=O. The van der Waals surface area contributed by atoms with Crippen LogP contribution in [0.4, 0.5) is 0 Å². The second-order valence-electron chi connectivity index (χ2n) is 8.42. The van der Waals surface area contributed by atoms with E-state index in [-0.39, 0.29) is 11.8 Å². The molecule has 0 radical (unpaired) electrons. The van der Waals surface area contributed by atoms with Crippen molar-refractivity contribution in [1.82, 2.24) is 19.6 Å². The molecule has 0 aliphatic carbocycles. The topological polar surface area (TPSA) is 67.7 Å². The van der Waals surface area contributed by atoms with Crippen molar-refractivity contribution in [3.05, 3.63) is 17.5 Å². The molecule has 1 aromatic heterocycles. The van der Waals surface area contributed by atoms with Crippen LogP contribution in [0.25, 0.3) is 0 Å². The zero-order chi connectivity index (χ0) is 20.3. The highest BCUT2D eigenvalue weighted by atomic mass is 16.5. The molecule has 2 amide bonds. The van der Waals surface area contributed by atoms with Gasteiger partial charge in [-0.25, -0.2) is 0 Å². The number of rotatable bonds is 7. The van der Waals surface area contributed by atoms with E-state index in [0.717, 1.165) is 44.3 Å². The minimum absolute atomic E-state index is 0.0520. The molecule has 156 valence electrons. The molecule has 1 unspecified atom stereocenters. The number of methoxy groups -OCH3 is 1. The number of ether oxygens (including phenoxy) is 1. The summed E-state index contributed by atoms with van der Waals surface area (Å²) in [6.07, 6.45) is 4.14. The second-order valence-corrected chi connectivity index (χ2v) is 8.42. The fourth-order valence-electron chi connectivity index (χ4n) is 4.68. The van der Waals surface area contributed by atoms with Crippen LogP contribution >= 0.6 is 0 Å². The van der Waals surface area contributed by atoms with Crippen molar-refractivity contribution in [2.24, 2.45) is 5.92 Å². The first-order chi connectivity index (χ1) is 13.4. The summed E-state index contributed by atoms with van der Waals surface area (Å²) in [6, 6.07) is 1.92.